The molecule has 0 saturated carbocycles. The van der Waals surface area contributed by atoms with Crippen molar-refractivity contribution in [2.24, 2.45) is 12.5 Å². The fourth-order valence-electron chi connectivity index (χ4n) is 1.50. The Hall–Kier alpha value is -1.85. The summed E-state index contributed by atoms with van der Waals surface area (Å²) in [6, 6.07) is 0. The van der Waals surface area contributed by atoms with Gasteiger partial charge in [-0.2, -0.15) is 5.10 Å². The number of nitrogens with zero attached hydrogens (tertiary/aromatic N) is 3. The predicted molar refractivity (Wildman–Crippen MR) is 65.7 cm³/mol. The predicted octanol–water partition coefficient (Wildman–Crippen LogP) is 0.879. The van der Waals surface area contributed by atoms with E-state index in [2.05, 4.69) is 5.10 Å². The molecule has 1 rings (SSSR count). The molecule has 0 fully saturated rings. The minimum Gasteiger partial charge on any atom is -0.481 e. The highest BCUT2D eigenvalue weighted by Gasteiger charge is 2.31. The highest BCUT2D eigenvalue weighted by atomic mass is 16.4. The quantitative estimate of drug-likeness (QED) is 0.845. The van der Waals surface area contributed by atoms with Crippen molar-refractivity contribution in [2.45, 2.75) is 26.8 Å². The van der Waals surface area contributed by atoms with Crippen molar-refractivity contribution in [2.75, 3.05) is 7.05 Å². The second-order valence-corrected chi connectivity index (χ2v) is 5.14. The molecule has 0 aliphatic heterocycles. The maximum absolute atomic E-state index is 11.9. The molecule has 0 aliphatic carbocycles. The first-order valence-corrected chi connectivity index (χ1v) is 5.67. The molecule has 1 aromatic heterocycles. The first-order chi connectivity index (χ1) is 8.22. The lowest BCUT2D eigenvalue weighted by Gasteiger charge is -2.23. The maximum Gasteiger partial charge on any atom is 0.309 e. The van der Waals surface area contributed by atoms with E-state index in [1.807, 2.05) is 6.20 Å². The summed E-state index contributed by atoms with van der Waals surface area (Å²) < 4.78 is 1.66. The first-order valence-electron chi connectivity index (χ1n) is 5.67. The number of carbonyl (C=O) groups is 2. The van der Waals surface area contributed by atoms with Crippen molar-refractivity contribution in [3.05, 3.63) is 18.0 Å². The van der Waals surface area contributed by atoms with E-state index in [4.69, 9.17) is 5.11 Å². The van der Waals surface area contributed by atoms with Crippen LogP contribution >= 0.6 is 0 Å². The Kier molecular flexibility index (Phi) is 4.11. The summed E-state index contributed by atoms with van der Waals surface area (Å²) in [6.07, 6.45) is 3.50. The van der Waals surface area contributed by atoms with Gasteiger partial charge in [0.15, 0.2) is 0 Å². The Balaban J connectivity index is 2.59. The Morgan fingerprint density at radius 2 is 2.11 bits per heavy atom. The lowest BCUT2D eigenvalue weighted by molar-refractivity contribution is -0.151. The second kappa shape index (κ2) is 5.20. The van der Waals surface area contributed by atoms with Crippen LogP contribution in [0, 0.1) is 5.41 Å². The van der Waals surface area contributed by atoms with Crippen molar-refractivity contribution >= 4 is 11.9 Å². The molecule has 0 bridgehead atoms. The van der Waals surface area contributed by atoms with E-state index < -0.39 is 11.4 Å². The van der Waals surface area contributed by atoms with E-state index in [0.29, 0.717) is 6.54 Å². The number of rotatable bonds is 5. The van der Waals surface area contributed by atoms with Crippen LogP contribution in [0.3, 0.4) is 0 Å². The summed E-state index contributed by atoms with van der Waals surface area (Å²) in [5, 5.41) is 13.0. The molecular weight excluding hydrogens is 234 g/mol. The van der Waals surface area contributed by atoms with Gasteiger partial charge in [0.05, 0.1) is 11.6 Å². The molecule has 0 aromatic carbocycles. The van der Waals surface area contributed by atoms with Crippen LogP contribution in [0.25, 0.3) is 0 Å². The van der Waals surface area contributed by atoms with Gasteiger partial charge in [0.25, 0.3) is 0 Å². The number of hydrogen-bond donors (Lipinski definition) is 1. The Bertz CT molecular complexity index is 451. The van der Waals surface area contributed by atoms with Crippen molar-refractivity contribution in [3.63, 3.8) is 0 Å². The minimum atomic E-state index is -1.04. The van der Waals surface area contributed by atoms with E-state index in [-0.39, 0.29) is 12.3 Å². The summed E-state index contributed by atoms with van der Waals surface area (Å²) in [5.74, 6) is -1.16. The van der Waals surface area contributed by atoms with Gasteiger partial charge < -0.3 is 10.0 Å². The molecule has 18 heavy (non-hydrogen) atoms. The molecule has 0 radical (unpaired) electrons. The minimum absolute atomic E-state index is 0.0148. The van der Waals surface area contributed by atoms with Gasteiger partial charge in [-0.05, 0) is 13.8 Å². The summed E-state index contributed by atoms with van der Waals surface area (Å²) >= 11 is 0. The summed E-state index contributed by atoms with van der Waals surface area (Å²) in [5.41, 5.74) is -0.123. The van der Waals surface area contributed by atoms with Crippen molar-refractivity contribution in [1.29, 1.82) is 0 Å². The molecule has 0 unspecified atom stereocenters. The fourth-order valence-corrected chi connectivity index (χ4v) is 1.50. The van der Waals surface area contributed by atoms with Crippen LogP contribution in [0.15, 0.2) is 12.4 Å². The molecule has 100 valence electrons. The molecular formula is C12H19N3O3. The van der Waals surface area contributed by atoms with Gasteiger partial charge in [-0.3, -0.25) is 14.3 Å². The van der Waals surface area contributed by atoms with Crippen LogP contribution in [0.5, 0.6) is 0 Å². The monoisotopic (exact) mass is 253 g/mol. The molecule has 1 heterocycles. The molecule has 0 spiro atoms. The molecule has 1 N–H and O–H groups in total. The van der Waals surface area contributed by atoms with Gasteiger partial charge in [-0.15, -0.1) is 0 Å². The Labute approximate surface area is 106 Å². The van der Waals surface area contributed by atoms with Gasteiger partial charge in [0.2, 0.25) is 5.91 Å². The molecule has 6 nitrogen and oxygen atoms in total. The van der Waals surface area contributed by atoms with E-state index in [1.54, 1.807) is 38.8 Å². The zero-order valence-electron chi connectivity index (χ0n) is 11.2. The first kappa shape index (κ1) is 14.2. The fraction of sp³-hybridized carbons (Fsp3) is 0.583. The van der Waals surface area contributed by atoms with Gasteiger partial charge in [0.1, 0.15) is 0 Å². The van der Waals surface area contributed by atoms with Gasteiger partial charge in [0, 0.05) is 38.8 Å². The lowest BCUT2D eigenvalue weighted by Crippen LogP contribution is -2.34. The SMILES string of the molecule is CN(Cc1cnn(C)c1)C(=O)CC(C)(C)C(=O)O. The van der Waals surface area contributed by atoms with Crippen LogP contribution in [0.1, 0.15) is 25.8 Å². The van der Waals surface area contributed by atoms with Crippen LogP contribution in [-0.2, 0) is 23.2 Å². The molecule has 0 saturated heterocycles. The van der Waals surface area contributed by atoms with Gasteiger partial charge in [-0.25, -0.2) is 0 Å². The van der Waals surface area contributed by atoms with Crippen molar-refractivity contribution in [3.8, 4) is 0 Å². The van der Waals surface area contributed by atoms with Crippen molar-refractivity contribution < 1.29 is 14.7 Å². The van der Waals surface area contributed by atoms with E-state index in [9.17, 15) is 9.59 Å². The summed E-state index contributed by atoms with van der Waals surface area (Å²) in [7, 11) is 3.46. The van der Waals surface area contributed by atoms with E-state index >= 15 is 0 Å². The largest absolute Gasteiger partial charge is 0.481 e. The zero-order valence-corrected chi connectivity index (χ0v) is 11.2. The topological polar surface area (TPSA) is 75.4 Å². The number of carboxylic acids is 1. The van der Waals surface area contributed by atoms with E-state index in [0.717, 1.165) is 5.56 Å². The molecule has 1 aromatic rings. The second-order valence-electron chi connectivity index (χ2n) is 5.14. The van der Waals surface area contributed by atoms with Crippen molar-refractivity contribution in [1.82, 2.24) is 14.7 Å². The molecule has 6 heteroatoms. The lowest BCUT2D eigenvalue weighted by atomic mass is 9.89. The Morgan fingerprint density at radius 3 is 2.56 bits per heavy atom. The molecule has 0 aliphatic rings. The smallest absolute Gasteiger partial charge is 0.309 e. The number of hydrogen-bond acceptors (Lipinski definition) is 3. The third kappa shape index (κ3) is 3.58. The maximum atomic E-state index is 11.9. The normalized spacial score (nSPS) is 11.3. The number of amides is 1. The van der Waals surface area contributed by atoms with Crippen LogP contribution in [0.4, 0.5) is 0 Å². The highest BCUT2D eigenvalue weighted by Crippen LogP contribution is 2.21. The van der Waals surface area contributed by atoms with Gasteiger partial charge in [-0.1, -0.05) is 0 Å². The molecule has 0 atom stereocenters. The number of carboxylic acid groups (broad SMARTS) is 1. The van der Waals surface area contributed by atoms with Crippen LogP contribution < -0.4 is 0 Å². The molecule has 1 amide bonds. The number of aryl methyl sites for hydroxylation is 1. The van der Waals surface area contributed by atoms with E-state index in [1.165, 1.54) is 4.90 Å². The van der Waals surface area contributed by atoms with Gasteiger partial charge >= 0.3 is 5.97 Å². The number of carbonyl (C=O) groups excluding carboxylic acids is 1. The number of aromatic nitrogens is 2. The number of aliphatic carboxylic acids is 1. The summed E-state index contributed by atoms with van der Waals surface area (Å²) in [6.45, 7) is 3.53. The highest BCUT2D eigenvalue weighted by molar-refractivity contribution is 5.84. The standard InChI is InChI=1S/C12H19N3O3/c1-12(2,11(17)18)5-10(16)14(3)7-9-6-13-15(4)8-9/h6,8H,5,7H2,1-4H3,(H,17,18). The average molecular weight is 253 g/mol. The third-order valence-corrected chi connectivity index (χ3v) is 2.78. The third-order valence-electron chi connectivity index (χ3n) is 2.78. The zero-order chi connectivity index (χ0) is 13.9. The average Bonchev–Trinajstić information content (AvgIpc) is 2.63. The Morgan fingerprint density at radius 1 is 1.50 bits per heavy atom. The van der Waals surface area contributed by atoms with Crippen LogP contribution in [-0.4, -0.2) is 38.7 Å². The van der Waals surface area contributed by atoms with Crippen LogP contribution in [0.2, 0.25) is 0 Å². The summed E-state index contributed by atoms with van der Waals surface area (Å²) in [4.78, 5) is 24.4.